The number of hydrogen-bond donors (Lipinski definition) is 3. The van der Waals surface area contributed by atoms with E-state index in [1.165, 1.54) is 11.3 Å². The van der Waals surface area contributed by atoms with Crippen LogP contribution < -0.4 is 10.2 Å². The van der Waals surface area contributed by atoms with Crippen molar-refractivity contribution in [3.05, 3.63) is 47.5 Å². The van der Waals surface area contributed by atoms with Crippen molar-refractivity contribution in [2.45, 2.75) is 38.3 Å². The van der Waals surface area contributed by atoms with E-state index in [1.54, 1.807) is 38.1 Å². The molecule has 0 saturated carbocycles. The Morgan fingerprint density at radius 3 is 2.69 bits per heavy atom. The number of hydrogen-bond acceptors (Lipinski definition) is 7. The first-order chi connectivity index (χ1) is 13.8. The van der Waals surface area contributed by atoms with Gasteiger partial charge in [0.1, 0.15) is 16.2 Å². The van der Waals surface area contributed by atoms with Crippen molar-refractivity contribution in [2.24, 2.45) is 0 Å². The Balaban J connectivity index is 1.51. The molecule has 3 aromatic rings. The minimum Gasteiger partial charge on any atom is -0.394 e. The monoisotopic (exact) mass is 412 g/mol. The van der Waals surface area contributed by atoms with Crippen LogP contribution in [0.2, 0.25) is 0 Å². The lowest BCUT2D eigenvalue weighted by Crippen LogP contribution is -2.32. The number of nitrogens with zero attached hydrogens (tertiary/aromatic N) is 3. The second kappa shape index (κ2) is 7.70. The van der Waals surface area contributed by atoms with E-state index in [-0.39, 0.29) is 18.6 Å². The number of rotatable bonds is 5. The molecule has 1 aliphatic rings. The van der Waals surface area contributed by atoms with E-state index < -0.39 is 5.60 Å². The average Bonchev–Trinajstić information content (AvgIpc) is 3.32. The van der Waals surface area contributed by atoms with E-state index in [1.807, 2.05) is 12.1 Å². The first-order valence-corrected chi connectivity index (χ1v) is 10.5. The Bertz CT molecular complexity index is 1030. The van der Waals surface area contributed by atoms with Crippen molar-refractivity contribution < 1.29 is 15.0 Å². The van der Waals surface area contributed by atoms with Crippen molar-refractivity contribution in [3.63, 3.8) is 0 Å². The summed E-state index contributed by atoms with van der Waals surface area (Å²) >= 11 is 1.33. The third-order valence-corrected chi connectivity index (χ3v) is 6.08. The molecule has 4 rings (SSSR count). The fourth-order valence-electron chi connectivity index (χ4n) is 3.55. The molecule has 1 fully saturated rings. The third-order valence-electron chi connectivity index (χ3n) is 5.20. The van der Waals surface area contributed by atoms with Gasteiger partial charge in [-0.15, -0.1) is 0 Å². The number of aliphatic hydroxyl groups excluding tert-OH is 1. The maximum atomic E-state index is 12.5. The highest BCUT2D eigenvalue weighted by Gasteiger charge is 2.25. The maximum Gasteiger partial charge on any atom is 0.257 e. The summed E-state index contributed by atoms with van der Waals surface area (Å²) in [5.74, 6) is 0.573. The summed E-state index contributed by atoms with van der Waals surface area (Å²) in [7, 11) is 0. The van der Waals surface area contributed by atoms with E-state index in [0.29, 0.717) is 10.7 Å². The largest absolute Gasteiger partial charge is 0.394 e. The molecule has 0 radical (unpaired) electrons. The highest BCUT2D eigenvalue weighted by atomic mass is 32.1. The molecule has 0 aliphatic carbocycles. The second-order valence-electron chi connectivity index (χ2n) is 7.78. The van der Waals surface area contributed by atoms with Crippen molar-refractivity contribution >= 4 is 38.5 Å². The van der Waals surface area contributed by atoms with E-state index in [2.05, 4.69) is 20.2 Å². The lowest BCUT2D eigenvalue weighted by atomic mass is 9.97. The van der Waals surface area contributed by atoms with Gasteiger partial charge in [0.2, 0.25) is 0 Å². The van der Waals surface area contributed by atoms with Crippen molar-refractivity contribution in [2.75, 3.05) is 23.4 Å². The number of aliphatic hydroxyl groups is 2. The normalized spacial score (nSPS) is 17.1. The van der Waals surface area contributed by atoms with Gasteiger partial charge in [0, 0.05) is 12.1 Å². The average molecular weight is 413 g/mol. The molecule has 0 spiro atoms. The van der Waals surface area contributed by atoms with Gasteiger partial charge in [-0.25, -0.2) is 9.97 Å². The SMILES string of the molecule is CC(C)(O)c1ccc(C(=O)Nc2nc3ccc(N4CCCC4CO)nc3s2)cc1. The van der Waals surface area contributed by atoms with Crippen LogP contribution in [-0.4, -0.2) is 45.3 Å². The number of fused-ring (bicyclic) bond motifs is 1. The quantitative estimate of drug-likeness (QED) is 0.596. The van der Waals surface area contributed by atoms with Gasteiger partial charge in [0.15, 0.2) is 5.13 Å². The molecule has 29 heavy (non-hydrogen) atoms. The molecule has 1 aromatic carbocycles. The molecule has 0 bridgehead atoms. The zero-order valence-corrected chi connectivity index (χ0v) is 17.2. The van der Waals surface area contributed by atoms with Crippen LogP contribution in [0.15, 0.2) is 36.4 Å². The molecule has 152 valence electrons. The Labute approximate surface area is 173 Å². The Morgan fingerprint density at radius 2 is 2.00 bits per heavy atom. The van der Waals surface area contributed by atoms with Gasteiger partial charge in [-0.1, -0.05) is 23.5 Å². The van der Waals surface area contributed by atoms with E-state index >= 15 is 0 Å². The van der Waals surface area contributed by atoms with Crippen LogP contribution in [0.5, 0.6) is 0 Å². The predicted octanol–water partition coefficient (Wildman–Crippen LogP) is 3.13. The van der Waals surface area contributed by atoms with Crippen molar-refractivity contribution in [1.82, 2.24) is 9.97 Å². The van der Waals surface area contributed by atoms with Gasteiger partial charge in [-0.3, -0.25) is 10.1 Å². The van der Waals surface area contributed by atoms with Crippen molar-refractivity contribution in [3.8, 4) is 0 Å². The van der Waals surface area contributed by atoms with E-state index in [0.717, 1.165) is 41.1 Å². The zero-order chi connectivity index (χ0) is 20.6. The molecule has 7 nitrogen and oxygen atoms in total. The number of pyridine rings is 1. The number of thiazole rings is 1. The van der Waals surface area contributed by atoms with Crippen molar-refractivity contribution in [1.29, 1.82) is 0 Å². The number of carbonyl (C=O) groups excluding carboxylic acids is 1. The van der Waals surface area contributed by atoms with Crippen LogP contribution in [0.1, 0.15) is 42.6 Å². The number of amides is 1. The summed E-state index contributed by atoms with van der Waals surface area (Å²) < 4.78 is 0. The summed E-state index contributed by atoms with van der Waals surface area (Å²) in [4.78, 5) is 24.6. The summed E-state index contributed by atoms with van der Waals surface area (Å²) in [6.07, 6.45) is 2.01. The third kappa shape index (κ3) is 4.10. The lowest BCUT2D eigenvalue weighted by molar-refractivity contribution is 0.0785. The number of anilines is 2. The molecule has 1 amide bonds. The Hall–Kier alpha value is -2.55. The molecular formula is C21H24N4O3S. The van der Waals surface area contributed by atoms with Crippen LogP contribution in [0.4, 0.5) is 10.9 Å². The number of aromatic nitrogens is 2. The summed E-state index contributed by atoms with van der Waals surface area (Å²) in [6, 6.07) is 10.8. The molecule has 1 saturated heterocycles. The zero-order valence-electron chi connectivity index (χ0n) is 16.4. The van der Waals surface area contributed by atoms with Crippen LogP contribution in [0.25, 0.3) is 10.3 Å². The first kappa shape index (κ1) is 19.8. The molecule has 1 atom stereocenters. The van der Waals surface area contributed by atoms with Crippen LogP contribution in [0, 0.1) is 0 Å². The molecular weight excluding hydrogens is 388 g/mol. The van der Waals surface area contributed by atoms with Gasteiger partial charge in [0.25, 0.3) is 5.91 Å². The molecule has 3 N–H and O–H groups in total. The topological polar surface area (TPSA) is 98.6 Å². The Morgan fingerprint density at radius 1 is 1.24 bits per heavy atom. The Kier molecular flexibility index (Phi) is 5.24. The van der Waals surface area contributed by atoms with E-state index in [9.17, 15) is 15.0 Å². The molecule has 1 unspecified atom stereocenters. The summed E-state index contributed by atoms with van der Waals surface area (Å²) in [5, 5.41) is 22.9. The highest BCUT2D eigenvalue weighted by molar-refractivity contribution is 7.22. The number of benzene rings is 1. The standard InChI is InChI=1S/C21H24N4O3S/c1-21(2,28)14-7-5-13(6-8-14)18(27)24-20-22-16-9-10-17(23-19(16)29-20)25-11-3-4-15(25)12-26/h5-10,15,26,28H,3-4,11-12H2,1-2H3,(H,22,24,27). The first-order valence-electron chi connectivity index (χ1n) is 9.64. The molecule has 8 heteroatoms. The fourth-order valence-corrected chi connectivity index (χ4v) is 4.37. The van der Waals surface area contributed by atoms with Crippen LogP contribution >= 0.6 is 11.3 Å². The molecule has 1 aliphatic heterocycles. The summed E-state index contributed by atoms with van der Waals surface area (Å²) in [5.41, 5.74) is 1.02. The fraction of sp³-hybridized carbons (Fsp3) is 0.381. The van der Waals surface area contributed by atoms with Gasteiger partial charge in [-0.05, 0) is 56.5 Å². The van der Waals surface area contributed by atoms with Gasteiger partial charge in [0.05, 0.1) is 18.2 Å². The van der Waals surface area contributed by atoms with Crippen LogP contribution in [-0.2, 0) is 5.60 Å². The van der Waals surface area contributed by atoms with Gasteiger partial charge >= 0.3 is 0 Å². The van der Waals surface area contributed by atoms with Gasteiger partial charge in [-0.2, -0.15) is 0 Å². The van der Waals surface area contributed by atoms with Crippen LogP contribution in [0.3, 0.4) is 0 Å². The lowest BCUT2D eigenvalue weighted by Gasteiger charge is -2.23. The predicted molar refractivity (Wildman–Crippen MR) is 115 cm³/mol. The molecule has 3 heterocycles. The molecule has 2 aromatic heterocycles. The van der Waals surface area contributed by atoms with Gasteiger partial charge < -0.3 is 15.1 Å². The minimum absolute atomic E-state index is 0.110. The maximum absolute atomic E-state index is 12.5. The summed E-state index contributed by atoms with van der Waals surface area (Å²) in [6.45, 7) is 4.41. The number of nitrogens with one attached hydrogen (secondary N) is 1. The second-order valence-corrected chi connectivity index (χ2v) is 8.75. The smallest absolute Gasteiger partial charge is 0.257 e. The highest BCUT2D eigenvalue weighted by Crippen LogP contribution is 2.30. The minimum atomic E-state index is -0.949. The van der Waals surface area contributed by atoms with E-state index in [4.69, 9.17) is 0 Å². The number of carbonyl (C=O) groups is 1.